The fourth-order valence-electron chi connectivity index (χ4n) is 4.13. The van der Waals surface area contributed by atoms with Crippen LogP contribution in [0.4, 0.5) is 11.4 Å². The number of nitrogens with zero attached hydrogens (tertiary/aromatic N) is 6. The summed E-state index contributed by atoms with van der Waals surface area (Å²) in [6.07, 6.45) is 4.68. The van der Waals surface area contributed by atoms with Gasteiger partial charge in [-0.05, 0) is 56.7 Å². The van der Waals surface area contributed by atoms with Crippen LogP contribution < -0.4 is 4.90 Å². The maximum Gasteiger partial charge on any atom is 0.269 e. The van der Waals surface area contributed by atoms with Gasteiger partial charge in [0.2, 0.25) is 11.1 Å². The molecule has 168 valence electrons. The van der Waals surface area contributed by atoms with E-state index in [2.05, 4.69) is 22.0 Å². The number of amides is 1. The average Bonchev–Trinajstić information content (AvgIpc) is 3.19. The van der Waals surface area contributed by atoms with Crippen molar-refractivity contribution in [3.8, 4) is 0 Å². The van der Waals surface area contributed by atoms with Crippen LogP contribution in [0.1, 0.15) is 48.7 Å². The molecule has 2 aromatic heterocycles. The lowest BCUT2D eigenvalue weighted by molar-refractivity contribution is -0.384. The number of thioether (sulfide) groups is 1. The van der Waals surface area contributed by atoms with E-state index in [0.29, 0.717) is 17.5 Å². The second-order valence-corrected chi connectivity index (χ2v) is 8.92. The van der Waals surface area contributed by atoms with Gasteiger partial charge in [0.1, 0.15) is 0 Å². The highest BCUT2D eigenvalue weighted by Gasteiger charge is 2.25. The molecule has 0 saturated heterocycles. The number of fused-ring (bicyclic) bond motifs is 2. The van der Waals surface area contributed by atoms with Crippen molar-refractivity contribution in [2.75, 3.05) is 17.2 Å². The Labute approximate surface area is 190 Å². The molecule has 1 aromatic carbocycles. The van der Waals surface area contributed by atoms with E-state index in [9.17, 15) is 14.9 Å². The lowest BCUT2D eigenvalue weighted by atomic mass is 10.0. The van der Waals surface area contributed by atoms with Crippen molar-refractivity contribution < 1.29 is 9.72 Å². The Morgan fingerprint density at radius 3 is 2.84 bits per heavy atom. The highest BCUT2D eigenvalue weighted by atomic mass is 32.2. The number of rotatable bonds is 7. The van der Waals surface area contributed by atoms with Crippen LogP contribution in [0.5, 0.6) is 0 Å². The van der Waals surface area contributed by atoms with Crippen LogP contribution in [-0.2, 0) is 17.6 Å². The second kappa shape index (κ2) is 9.23. The summed E-state index contributed by atoms with van der Waals surface area (Å²) in [5, 5.41) is 16.1. The van der Waals surface area contributed by atoms with Gasteiger partial charge in [0.25, 0.3) is 11.5 Å². The normalized spacial score (nSPS) is 13.4. The molecule has 0 aliphatic carbocycles. The number of unbranched alkanes of at least 4 members (excludes halogenated alkanes) is 1. The molecule has 9 nitrogen and oxygen atoms in total. The number of non-ortho nitro benzene ring substituents is 1. The van der Waals surface area contributed by atoms with E-state index >= 15 is 0 Å². The standard InChI is InChI=1S/C22H26N6O3S/c1-4-5-8-18-14(2)23-21-24-22(25-27(21)15(18)3)32-13-20(29)26-11-6-7-16-12-17(28(30)31)9-10-19(16)26/h9-10,12H,4-8,11,13H2,1-3H3. The first-order valence-electron chi connectivity index (χ1n) is 10.8. The average molecular weight is 455 g/mol. The molecule has 3 heterocycles. The van der Waals surface area contributed by atoms with E-state index < -0.39 is 4.92 Å². The number of carbonyl (C=O) groups excluding carboxylic acids is 1. The summed E-state index contributed by atoms with van der Waals surface area (Å²) in [7, 11) is 0. The van der Waals surface area contributed by atoms with Gasteiger partial charge in [-0.1, -0.05) is 25.1 Å². The van der Waals surface area contributed by atoms with Crippen LogP contribution in [0.2, 0.25) is 0 Å². The Bertz CT molecular complexity index is 1190. The minimum Gasteiger partial charge on any atom is -0.311 e. The SMILES string of the molecule is CCCCc1c(C)nc2nc(SCC(=O)N3CCCc4cc([N+](=O)[O-])ccc43)nn2c1C. The first-order chi connectivity index (χ1) is 15.4. The van der Waals surface area contributed by atoms with Crippen LogP contribution in [0.3, 0.4) is 0 Å². The lowest BCUT2D eigenvalue weighted by Gasteiger charge is -2.29. The van der Waals surface area contributed by atoms with Crippen LogP contribution in [0.25, 0.3) is 5.78 Å². The molecule has 0 fully saturated rings. The van der Waals surface area contributed by atoms with Crippen molar-refractivity contribution in [2.45, 2.75) is 58.0 Å². The topological polar surface area (TPSA) is 107 Å². The summed E-state index contributed by atoms with van der Waals surface area (Å²) in [5.41, 5.74) is 4.86. The summed E-state index contributed by atoms with van der Waals surface area (Å²) >= 11 is 1.29. The summed E-state index contributed by atoms with van der Waals surface area (Å²) in [6, 6.07) is 4.69. The highest BCUT2D eigenvalue weighted by molar-refractivity contribution is 7.99. The van der Waals surface area contributed by atoms with Crippen molar-refractivity contribution in [1.82, 2.24) is 19.6 Å². The second-order valence-electron chi connectivity index (χ2n) is 7.98. The molecule has 32 heavy (non-hydrogen) atoms. The van der Waals surface area contributed by atoms with Crippen molar-refractivity contribution in [3.05, 3.63) is 50.8 Å². The first kappa shape index (κ1) is 22.2. The zero-order valence-corrected chi connectivity index (χ0v) is 19.3. The molecule has 3 aromatic rings. The largest absolute Gasteiger partial charge is 0.311 e. The van der Waals surface area contributed by atoms with E-state index in [1.54, 1.807) is 21.5 Å². The van der Waals surface area contributed by atoms with Gasteiger partial charge < -0.3 is 4.90 Å². The third-order valence-corrected chi connectivity index (χ3v) is 6.65. The molecule has 0 saturated carbocycles. The molecule has 4 rings (SSSR count). The molecule has 10 heteroatoms. The number of benzene rings is 1. The van der Waals surface area contributed by atoms with Gasteiger partial charge in [0.15, 0.2) is 0 Å². The molecule has 0 atom stereocenters. The Hall–Kier alpha value is -3.01. The fourth-order valence-corrected chi connectivity index (χ4v) is 4.82. The van der Waals surface area contributed by atoms with Gasteiger partial charge in [-0.15, -0.1) is 5.10 Å². The van der Waals surface area contributed by atoms with Gasteiger partial charge >= 0.3 is 0 Å². The maximum absolute atomic E-state index is 13.0. The molecular formula is C22H26N6O3S. The Balaban J connectivity index is 1.50. The van der Waals surface area contributed by atoms with E-state index in [0.717, 1.165) is 54.7 Å². The van der Waals surface area contributed by atoms with E-state index in [1.165, 1.54) is 23.4 Å². The van der Waals surface area contributed by atoms with Crippen LogP contribution in [0.15, 0.2) is 23.4 Å². The molecule has 0 unspecified atom stereocenters. The number of carbonyl (C=O) groups is 1. The minimum absolute atomic E-state index is 0.0535. The van der Waals surface area contributed by atoms with Crippen molar-refractivity contribution >= 4 is 34.8 Å². The Morgan fingerprint density at radius 2 is 2.09 bits per heavy atom. The number of aromatic nitrogens is 4. The van der Waals surface area contributed by atoms with E-state index in [4.69, 9.17) is 0 Å². The van der Waals surface area contributed by atoms with Crippen LogP contribution in [0, 0.1) is 24.0 Å². The van der Waals surface area contributed by atoms with E-state index in [-0.39, 0.29) is 17.3 Å². The Morgan fingerprint density at radius 1 is 1.28 bits per heavy atom. The summed E-state index contributed by atoms with van der Waals surface area (Å²) in [5.74, 6) is 0.674. The zero-order chi connectivity index (χ0) is 22.8. The van der Waals surface area contributed by atoms with Crippen LogP contribution >= 0.6 is 11.8 Å². The fraction of sp³-hybridized carbons (Fsp3) is 0.455. The maximum atomic E-state index is 13.0. The third-order valence-electron chi connectivity index (χ3n) is 5.83. The van der Waals surface area contributed by atoms with Gasteiger partial charge in [-0.3, -0.25) is 14.9 Å². The first-order valence-corrected chi connectivity index (χ1v) is 11.8. The monoisotopic (exact) mass is 454 g/mol. The van der Waals surface area contributed by atoms with Gasteiger partial charge in [-0.25, -0.2) is 9.50 Å². The number of nitro benzene ring substituents is 1. The smallest absolute Gasteiger partial charge is 0.269 e. The quantitative estimate of drug-likeness (QED) is 0.301. The number of aryl methyl sites for hydroxylation is 3. The molecule has 1 aliphatic heterocycles. The molecule has 1 amide bonds. The molecular weight excluding hydrogens is 428 g/mol. The predicted octanol–water partition coefficient (Wildman–Crippen LogP) is 4.06. The van der Waals surface area contributed by atoms with Crippen molar-refractivity contribution in [3.63, 3.8) is 0 Å². The molecule has 0 radical (unpaired) electrons. The summed E-state index contributed by atoms with van der Waals surface area (Å²) in [6.45, 7) is 6.80. The predicted molar refractivity (Wildman–Crippen MR) is 123 cm³/mol. The number of nitro groups is 1. The molecule has 0 spiro atoms. The summed E-state index contributed by atoms with van der Waals surface area (Å²) < 4.78 is 1.76. The zero-order valence-electron chi connectivity index (χ0n) is 18.5. The van der Waals surface area contributed by atoms with Crippen LogP contribution in [-0.4, -0.2) is 42.7 Å². The number of anilines is 1. The van der Waals surface area contributed by atoms with Gasteiger partial charge in [0, 0.05) is 35.8 Å². The summed E-state index contributed by atoms with van der Waals surface area (Å²) in [4.78, 5) is 34.4. The van der Waals surface area contributed by atoms with Crippen molar-refractivity contribution in [2.24, 2.45) is 0 Å². The minimum atomic E-state index is -0.405. The van der Waals surface area contributed by atoms with Gasteiger partial charge in [0.05, 0.1) is 10.7 Å². The molecule has 0 N–H and O–H groups in total. The number of hydrogen-bond acceptors (Lipinski definition) is 7. The Kier molecular flexibility index (Phi) is 6.40. The molecule has 0 bridgehead atoms. The highest BCUT2D eigenvalue weighted by Crippen LogP contribution is 2.31. The van der Waals surface area contributed by atoms with Gasteiger partial charge in [-0.2, -0.15) is 4.98 Å². The van der Waals surface area contributed by atoms with E-state index in [1.807, 2.05) is 13.8 Å². The number of hydrogen-bond donors (Lipinski definition) is 0. The molecule has 1 aliphatic rings. The lowest BCUT2D eigenvalue weighted by Crippen LogP contribution is -2.36. The third kappa shape index (κ3) is 4.32. The van der Waals surface area contributed by atoms with Crippen molar-refractivity contribution in [1.29, 1.82) is 0 Å².